The second-order valence-corrected chi connectivity index (χ2v) is 9.33. The molecule has 1 N–H and O–H groups in total. The molecule has 1 amide bonds. The van der Waals surface area contributed by atoms with Crippen LogP contribution in [0, 0.1) is 0 Å². The monoisotopic (exact) mass is 535 g/mol. The molecule has 0 radical (unpaired) electrons. The van der Waals surface area contributed by atoms with Gasteiger partial charge < -0.3 is 24.2 Å². The second kappa shape index (κ2) is 11.8. The van der Waals surface area contributed by atoms with Gasteiger partial charge in [0, 0.05) is 12.1 Å². The molecule has 1 heterocycles. The van der Waals surface area contributed by atoms with Gasteiger partial charge in [-0.1, -0.05) is 66.7 Å². The number of carbonyl (C=O) groups is 2. The van der Waals surface area contributed by atoms with Gasteiger partial charge in [0.2, 0.25) is 0 Å². The summed E-state index contributed by atoms with van der Waals surface area (Å²) in [6.45, 7) is 0.532. The summed E-state index contributed by atoms with van der Waals surface area (Å²) in [5.74, 6) is -0.128. The van der Waals surface area contributed by atoms with Crippen molar-refractivity contribution in [3.8, 4) is 17.2 Å². The highest BCUT2D eigenvalue weighted by Crippen LogP contribution is 2.43. The van der Waals surface area contributed by atoms with Gasteiger partial charge in [-0.2, -0.15) is 0 Å². The maximum absolute atomic E-state index is 13.4. The van der Waals surface area contributed by atoms with Gasteiger partial charge in [-0.05, 0) is 53.1 Å². The first kappa shape index (κ1) is 26.6. The minimum Gasteiger partial charge on any atom is -0.507 e. The largest absolute Gasteiger partial charge is 0.507 e. The number of aliphatic hydroxyl groups excluding tert-OH is 1. The minimum absolute atomic E-state index is 0.00565. The fraction of sp³-hybridized carbons (Fsp3) is 0.152. The van der Waals surface area contributed by atoms with Crippen molar-refractivity contribution in [2.75, 3.05) is 14.2 Å². The lowest BCUT2D eigenvalue weighted by Gasteiger charge is -2.26. The maximum Gasteiger partial charge on any atom is 0.295 e. The number of Topliss-reactive ketones (excluding diaryl/α,β-unsaturated/α-hetero) is 1. The Kier molecular flexibility index (Phi) is 7.82. The summed E-state index contributed by atoms with van der Waals surface area (Å²) in [7, 11) is 3.08. The zero-order valence-electron chi connectivity index (χ0n) is 22.2. The number of carbonyl (C=O) groups excluding carboxylic acids is 2. The van der Waals surface area contributed by atoms with E-state index < -0.39 is 17.7 Å². The standard InChI is InChI=1S/C33H29NO6/c1-38-26-16-13-24(14-17-26)31(35)29-30(34(33(37)32(29)36)20-22-9-5-3-6-10-22)25-15-18-27(28(19-25)39-2)40-21-23-11-7-4-8-12-23/h3-19,30,35H,20-21H2,1-2H3/b31-29+. The Morgan fingerprint density at radius 3 is 2.05 bits per heavy atom. The van der Waals surface area contributed by atoms with E-state index in [0.717, 1.165) is 11.1 Å². The Morgan fingerprint density at radius 1 is 0.775 bits per heavy atom. The van der Waals surface area contributed by atoms with Crippen LogP contribution in [0.3, 0.4) is 0 Å². The number of methoxy groups -OCH3 is 2. The SMILES string of the molecule is COc1ccc(/C(O)=C2\C(=O)C(=O)N(Cc3ccccc3)C2c2ccc(OCc3ccccc3)c(OC)c2)cc1. The molecular weight excluding hydrogens is 506 g/mol. The van der Waals surface area contributed by atoms with E-state index in [2.05, 4.69) is 0 Å². The number of ether oxygens (including phenoxy) is 3. The third kappa shape index (κ3) is 5.40. The molecule has 0 aliphatic carbocycles. The molecule has 7 heteroatoms. The molecule has 1 fully saturated rings. The Hall–Kier alpha value is -5.04. The van der Waals surface area contributed by atoms with E-state index in [1.54, 1.807) is 49.6 Å². The molecule has 1 aliphatic rings. The van der Waals surface area contributed by atoms with Crippen LogP contribution in [0.4, 0.5) is 0 Å². The van der Waals surface area contributed by atoms with E-state index in [4.69, 9.17) is 14.2 Å². The number of hydrogen-bond acceptors (Lipinski definition) is 6. The van der Waals surface area contributed by atoms with Crippen molar-refractivity contribution in [1.29, 1.82) is 0 Å². The summed E-state index contributed by atoms with van der Waals surface area (Å²) >= 11 is 0. The zero-order chi connectivity index (χ0) is 28.1. The summed E-state index contributed by atoms with van der Waals surface area (Å²) in [5.41, 5.74) is 2.87. The van der Waals surface area contributed by atoms with Crippen LogP contribution in [0.1, 0.15) is 28.3 Å². The van der Waals surface area contributed by atoms with Crippen LogP contribution in [-0.4, -0.2) is 35.9 Å². The van der Waals surface area contributed by atoms with Crippen molar-refractivity contribution in [2.24, 2.45) is 0 Å². The fourth-order valence-corrected chi connectivity index (χ4v) is 4.78. The number of benzene rings is 4. The Morgan fingerprint density at radius 2 is 1.43 bits per heavy atom. The van der Waals surface area contributed by atoms with Gasteiger partial charge in [0.25, 0.3) is 11.7 Å². The Labute approximate surface area is 232 Å². The molecule has 1 atom stereocenters. The van der Waals surface area contributed by atoms with Crippen LogP contribution in [-0.2, 0) is 22.7 Å². The molecule has 0 bridgehead atoms. The molecule has 7 nitrogen and oxygen atoms in total. The molecule has 1 unspecified atom stereocenters. The van der Waals surface area contributed by atoms with Crippen LogP contribution < -0.4 is 14.2 Å². The van der Waals surface area contributed by atoms with Crippen LogP contribution in [0.25, 0.3) is 5.76 Å². The van der Waals surface area contributed by atoms with Gasteiger partial charge in [0.05, 0.1) is 25.8 Å². The Balaban J connectivity index is 1.57. The fourth-order valence-electron chi connectivity index (χ4n) is 4.78. The van der Waals surface area contributed by atoms with Crippen molar-refractivity contribution in [1.82, 2.24) is 4.90 Å². The van der Waals surface area contributed by atoms with Crippen molar-refractivity contribution in [2.45, 2.75) is 19.2 Å². The van der Waals surface area contributed by atoms with Gasteiger partial charge >= 0.3 is 0 Å². The predicted molar refractivity (Wildman–Crippen MR) is 151 cm³/mol. The van der Waals surface area contributed by atoms with Crippen LogP contribution >= 0.6 is 0 Å². The predicted octanol–water partition coefficient (Wildman–Crippen LogP) is 5.90. The third-order valence-corrected chi connectivity index (χ3v) is 6.84. The number of likely N-dealkylation sites (tertiary alicyclic amines) is 1. The first-order valence-corrected chi connectivity index (χ1v) is 12.8. The van der Waals surface area contributed by atoms with Crippen molar-refractivity contribution in [3.05, 3.63) is 131 Å². The highest BCUT2D eigenvalue weighted by atomic mass is 16.5. The molecule has 202 valence electrons. The van der Waals surface area contributed by atoms with Crippen LogP contribution in [0.2, 0.25) is 0 Å². The van der Waals surface area contributed by atoms with Crippen molar-refractivity contribution in [3.63, 3.8) is 0 Å². The molecule has 0 saturated carbocycles. The molecule has 0 aromatic heterocycles. The third-order valence-electron chi connectivity index (χ3n) is 6.84. The summed E-state index contributed by atoms with van der Waals surface area (Å²) in [6, 6.07) is 30.3. The van der Waals surface area contributed by atoms with Gasteiger partial charge in [-0.25, -0.2) is 0 Å². The van der Waals surface area contributed by atoms with Crippen LogP contribution in [0.5, 0.6) is 17.2 Å². The number of amides is 1. The zero-order valence-corrected chi connectivity index (χ0v) is 22.2. The molecular formula is C33H29NO6. The van der Waals surface area contributed by atoms with Gasteiger partial charge in [-0.15, -0.1) is 0 Å². The molecule has 4 aromatic rings. The number of hydrogen-bond donors (Lipinski definition) is 1. The first-order chi connectivity index (χ1) is 19.5. The molecule has 1 aliphatic heterocycles. The lowest BCUT2D eigenvalue weighted by molar-refractivity contribution is -0.140. The quantitative estimate of drug-likeness (QED) is 0.163. The second-order valence-electron chi connectivity index (χ2n) is 9.33. The topological polar surface area (TPSA) is 85.3 Å². The van der Waals surface area contributed by atoms with E-state index >= 15 is 0 Å². The molecule has 0 spiro atoms. The number of aliphatic hydroxyl groups is 1. The molecule has 1 saturated heterocycles. The number of rotatable bonds is 9. The smallest absolute Gasteiger partial charge is 0.295 e. The number of ketones is 1. The molecule has 5 rings (SSSR count). The number of nitrogens with zero attached hydrogens (tertiary/aromatic N) is 1. The van der Waals surface area contributed by atoms with Gasteiger partial charge in [0.1, 0.15) is 18.1 Å². The summed E-state index contributed by atoms with van der Waals surface area (Å²) in [5, 5.41) is 11.4. The van der Waals surface area contributed by atoms with E-state index in [1.807, 2.05) is 60.7 Å². The summed E-state index contributed by atoms with van der Waals surface area (Å²) < 4.78 is 16.9. The van der Waals surface area contributed by atoms with E-state index in [1.165, 1.54) is 12.0 Å². The first-order valence-electron chi connectivity index (χ1n) is 12.8. The van der Waals surface area contributed by atoms with E-state index in [9.17, 15) is 14.7 Å². The normalized spacial score (nSPS) is 16.1. The lowest BCUT2D eigenvalue weighted by Crippen LogP contribution is -2.29. The van der Waals surface area contributed by atoms with Crippen LogP contribution in [0.15, 0.2) is 109 Å². The highest BCUT2D eigenvalue weighted by Gasteiger charge is 2.46. The van der Waals surface area contributed by atoms with E-state index in [-0.39, 0.29) is 17.9 Å². The van der Waals surface area contributed by atoms with Crippen molar-refractivity contribution >= 4 is 17.4 Å². The molecule has 4 aromatic carbocycles. The lowest BCUT2D eigenvalue weighted by atomic mass is 9.94. The van der Waals surface area contributed by atoms with Gasteiger partial charge in [-0.3, -0.25) is 9.59 Å². The molecule has 40 heavy (non-hydrogen) atoms. The Bertz CT molecular complexity index is 1530. The maximum atomic E-state index is 13.4. The minimum atomic E-state index is -0.848. The average Bonchev–Trinajstić information content (AvgIpc) is 3.25. The summed E-state index contributed by atoms with van der Waals surface area (Å²) in [6.07, 6.45) is 0. The van der Waals surface area contributed by atoms with E-state index in [0.29, 0.717) is 35.0 Å². The summed E-state index contributed by atoms with van der Waals surface area (Å²) in [4.78, 5) is 28.3. The van der Waals surface area contributed by atoms with Gasteiger partial charge in [0.15, 0.2) is 11.5 Å². The average molecular weight is 536 g/mol. The highest BCUT2D eigenvalue weighted by molar-refractivity contribution is 6.46. The van der Waals surface area contributed by atoms with Crippen molar-refractivity contribution < 1.29 is 28.9 Å².